The molecule has 1 heterocycles. The van der Waals surface area contributed by atoms with E-state index in [0.29, 0.717) is 44.8 Å². The number of nitrogens with zero attached hydrogens (tertiary/aromatic N) is 1. The topological polar surface area (TPSA) is 75.7 Å². The Morgan fingerprint density at radius 2 is 2.00 bits per heavy atom. The highest BCUT2D eigenvalue weighted by Gasteiger charge is 2.32. The van der Waals surface area contributed by atoms with E-state index in [4.69, 9.17) is 4.74 Å². The van der Waals surface area contributed by atoms with E-state index in [1.165, 1.54) is 22.7 Å². The number of sulfonamides is 1. The summed E-state index contributed by atoms with van der Waals surface area (Å²) in [5.74, 6) is 0.648. The van der Waals surface area contributed by atoms with Crippen molar-refractivity contribution in [3.05, 3.63) is 35.4 Å². The van der Waals surface area contributed by atoms with E-state index in [0.717, 1.165) is 24.8 Å². The zero-order chi connectivity index (χ0) is 21.6. The van der Waals surface area contributed by atoms with Gasteiger partial charge in [0.15, 0.2) is 0 Å². The Bertz CT molecular complexity index is 871. The van der Waals surface area contributed by atoms with Crippen LogP contribution in [0.15, 0.2) is 34.7 Å². The molecule has 0 radical (unpaired) electrons. The van der Waals surface area contributed by atoms with E-state index in [2.05, 4.69) is 11.4 Å². The molecule has 1 aromatic rings. The van der Waals surface area contributed by atoms with E-state index >= 15 is 0 Å². The van der Waals surface area contributed by atoms with Crippen LogP contribution in [0.2, 0.25) is 0 Å². The van der Waals surface area contributed by atoms with Gasteiger partial charge in [-0.3, -0.25) is 4.79 Å². The molecule has 0 aromatic heterocycles. The third-order valence-electron chi connectivity index (χ3n) is 6.04. The van der Waals surface area contributed by atoms with Crippen LogP contribution in [0, 0.1) is 12.8 Å². The number of piperidine rings is 1. The maximum atomic E-state index is 13.0. The maximum Gasteiger partial charge on any atom is 0.243 e. The van der Waals surface area contributed by atoms with Crippen LogP contribution in [0.1, 0.15) is 57.4 Å². The summed E-state index contributed by atoms with van der Waals surface area (Å²) >= 11 is 0. The molecule has 1 fully saturated rings. The van der Waals surface area contributed by atoms with Crippen molar-refractivity contribution in [3.63, 3.8) is 0 Å². The zero-order valence-electron chi connectivity index (χ0n) is 18.2. The number of benzene rings is 1. The van der Waals surface area contributed by atoms with E-state index in [9.17, 15) is 13.2 Å². The van der Waals surface area contributed by atoms with Gasteiger partial charge in [0.2, 0.25) is 15.9 Å². The molecule has 1 aromatic carbocycles. The molecule has 0 atom stereocenters. The number of nitrogens with one attached hydrogen (secondary N) is 1. The Morgan fingerprint density at radius 3 is 2.63 bits per heavy atom. The molecule has 1 amide bonds. The van der Waals surface area contributed by atoms with Gasteiger partial charge in [0, 0.05) is 25.6 Å². The third-order valence-corrected chi connectivity index (χ3v) is 7.93. The van der Waals surface area contributed by atoms with Crippen molar-refractivity contribution in [2.45, 2.75) is 63.7 Å². The molecular weight excluding hydrogens is 400 g/mol. The number of ether oxygens (including phenoxy) is 1. The van der Waals surface area contributed by atoms with Crippen LogP contribution in [0.5, 0.6) is 5.75 Å². The molecule has 1 N–H and O–H groups in total. The quantitative estimate of drug-likeness (QED) is 0.632. The molecule has 0 saturated carbocycles. The average molecular weight is 435 g/mol. The number of allylic oxidation sites excluding steroid dienone is 1. The van der Waals surface area contributed by atoms with Gasteiger partial charge in [0.1, 0.15) is 5.75 Å². The van der Waals surface area contributed by atoms with Crippen LogP contribution in [0.4, 0.5) is 0 Å². The first-order valence-electron chi connectivity index (χ1n) is 11.1. The molecule has 30 heavy (non-hydrogen) atoms. The molecule has 2 aliphatic rings. The molecule has 1 aliphatic heterocycles. The van der Waals surface area contributed by atoms with Gasteiger partial charge in [-0.25, -0.2) is 8.42 Å². The van der Waals surface area contributed by atoms with Gasteiger partial charge < -0.3 is 10.1 Å². The van der Waals surface area contributed by atoms with Crippen molar-refractivity contribution in [2.75, 3.05) is 26.2 Å². The van der Waals surface area contributed by atoms with Gasteiger partial charge in [-0.2, -0.15) is 4.31 Å². The lowest BCUT2D eigenvalue weighted by Gasteiger charge is -2.30. The fourth-order valence-corrected chi connectivity index (χ4v) is 5.78. The zero-order valence-corrected chi connectivity index (χ0v) is 19.0. The summed E-state index contributed by atoms with van der Waals surface area (Å²) in [6.45, 7) is 5.71. The van der Waals surface area contributed by atoms with E-state index < -0.39 is 10.0 Å². The Balaban J connectivity index is 1.50. The lowest BCUT2D eigenvalue weighted by atomic mass is 9.96. The summed E-state index contributed by atoms with van der Waals surface area (Å²) < 4.78 is 33.0. The van der Waals surface area contributed by atoms with Crippen LogP contribution in [0.25, 0.3) is 0 Å². The number of hydrogen-bond acceptors (Lipinski definition) is 4. The molecule has 7 heteroatoms. The highest BCUT2D eigenvalue weighted by Crippen LogP contribution is 2.27. The van der Waals surface area contributed by atoms with Gasteiger partial charge in [0.25, 0.3) is 0 Å². The van der Waals surface area contributed by atoms with Crippen LogP contribution < -0.4 is 10.1 Å². The molecular formula is C23H34N2O4S. The van der Waals surface area contributed by atoms with Crippen molar-refractivity contribution < 1.29 is 17.9 Å². The van der Waals surface area contributed by atoms with Crippen molar-refractivity contribution in [3.8, 4) is 5.75 Å². The van der Waals surface area contributed by atoms with Gasteiger partial charge >= 0.3 is 0 Å². The monoisotopic (exact) mass is 434 g/mol. The highest BCUT2D eigenvalue weighted by molar-refractivity contribution is 7.89. The average Bonchev–Trinajstić information content (AvgIpc) is 2.76. The third kappa shape index (κ3) is 5.64. The Kier molecular flexibility index (Phi) is 7.94. The van der Waals surface area contributed by atoms with Gasteiger partial charge in [-0.1, -0.05) is 11.6 Å². The highest BCUT2D eigenvalue weighted by atomic mass is 32.2. The Hall–Kier alpha value is -1.86. The smallest absolute Gasteiger partial charge is 0.243 e. The van der Waals surface area contributed by atoms with E-state index in [1.807, 2.05) is 13.8 Å². The molecule has 166 valence electrons. The normalized spacial score (nSPS) is 18.7. The number of aryl methyl sites for hydroxylation is 1. The van der Waals surface area contributed by atoms with Gasteiger partial charge in [0.05, 0.1) is 11.5 Å². The first-order chi connectivity index (χ1) is 14.4. The molecule has 1 saturated heterocycles. The standard InChI is InChI=1S/C23H34N2O4S/c1-3-29-22-10-9-21(17-18(22)2)30(27,28)25-15-12-20(13-16-25)23(26)24-14-11-19-7-5-4-6-8-19/h7,9-10,17,20H,3-6,8,11-16H2,1-2H3,(H,24,26). The lowest BCUT2D eigenvalue weighted by molar-refractivity contribution is -0.126. The number of rotatable bonds is 8. The minimum Gasteiger partial charge on any atom is -0.494 e. The second-order valence-corrected chi connectivity index (χ2v) is 10.1. The Morgan fingerprint density at radius 1 is 1.23 bits per heavy atom. The summed E-state index contributed by atoms with van der Waals surface area (Å²) in [5, 5.41) is 3.05. The minimum absolute atomic E-state index is 0.0559. The molecule has 1 aliphatic carbocycles. The second-order valence-electron chi connectivity index (χ2n) is 8.19. The van der Waals surface area contributed by atoms with Gasteiger partial charge in [-0.05, 0) is 82.6 Å². The fourth-order valence-electron chi connectivity index (χ4n) is 4.23. The van der Waals surface area contributed by atoms with Crippen molar-refractivity contribution >= 4 is 15.9 Å². The summed E-state index contributed by atoms with van der Waals surface area (Å²) in [6, 6.07) is 4.98. The number of amides is 1. The van der Waals surface area contributed by atoms with Gasteiger partial charge in [-0.15, -0.1) is 0 Å². The predicted molar refractivity (Wildman–Crippen MR) is 118 cm³/mol. The van der Waals surface area contributed by atoms with Crippen LogP contribution >= 0.6 is 0 Å². The van der Waals surface area contributed by atoms with Crippen LogP contribution in [-0.4, -0.2) is 44.9 Å². The van der Waals surface area contributed by atoms with Crippen LogP contribution in [0.3, 0.4) is 0 Å². The molecule has 0 spiro atoms. The first-order valence-corrected chi connectivity index (χ1v) is 12.5. The minimum atomic E-state index is -3.56. The summed E-state index contributed by atoms with van der Waals surface area (Å²) in [4.78, 5) is 12.8. The summed E-state index contributed by atoms with van der Waals surface area (Å²) in [5.41, 5.74) is 2.26. The molecule has 6 nitrogen and oxygen atoms in total. The van der Waals surface area contributed by atoms with Crippen molar-refractivity contribution in [1.82, 2.24) is 9.62 Å². The van der Waals surface area contributed by atoms with Crippen LogP contribution in [-0.2, 0) is 14.8 Å². The first kappa shape index (κ1) is 22.8. The maximum absolute atomic E-state index is 13.0. The second kappa shape index (κ2) is 10.4. The number of carbonyl (C=O) groups excluding carboxylic acids is 1. The van der Waals surface area contributed by atoms with E-state index in [1.54, 1.807) is 18.2 Å². The fraction of sp³-hybridized carbons (Fsp3) is 0.609. The largest absolute Gasteiger partial charge is 0.494 e. The van der Waals surface area contributed by atoms with Crippen molar-refractivity contribution in [2.24, 2.45) is 5.92 Å². The van der Waals surface area contributed by atoms with Crippen molar-refractivity contribution in [1.29, 1.82) is 0 Å². The molecule has 0 bridgehead atoms. The summed E-state index contributed by atoms with van der Waals surface area (Å²) in [7, 11) is -3.56. The lowest BCUT2D eigenvalue weighted by Crippen LogP contribution is -2.43. The Labute approximate surface area is 180 Å². The predicted octanol–water partition coefficient (Wildman–Crippen LogP) is 3.80. The number of carbonyl (C=O) groups is 1. The number of hydrogen-bond donors (Lipinski definition) is 1. The molecule has 0 unspecified atom stereocenters. The SMILES string of the molecule is CCOc1ccc(S(=O)(=O)N2CCC(C(=O)NCCC3=CCCCC3)CC2)cc1C. The van der Waals surface area contributed by atoms with E-state index in [-0.39, 0.29) is 16.7 Å². The molecule has 3 rings (SSSR count). The summed E-state index contributed by atoms with van der Waals surface area (Å²) in [6.07, 6.45) is 9.18.